The zero-order valence-corrected chi connectivity index (χ0v) is 15.1. The third-order valence-corrected chi connectivity index (χ3v) is 4.35. The Bertz CT molecular complexity index is 740. The van der Waals surface area contributed by atoms with Crippen molar-refractivity contribution >= 4 is 29.0 Å². The van der Waals surface area contributed by atoms with Gasteiger partial charge in [-0.2, -0.15) is 0 Å². The highest BCUT2D eigenvalue weighted by atomic mass is 32.1. The van der Waals surface area contributed by atoms with Crippen molar-refractivity contribution in [2.24, 2.45) is 0 Å². The van der Waals surface area contributed by atoms with Crippen LogP contribution in [0.15, 0.2) is 23.7 Å². The molecule has 0 atom stereocenters. The third-order valence-electron chi connectivity index (χ3n) is 3.41. The number of carbonyl (C=O) groups excluding carboxylic acids is 2. The topological polar surface area (TPSA) is 83.1 Å². The van der Waals surface area contributed by atoms with Crippen molar-refractivity contribution in [2.45, 2.75) is 40.3 Å². The monoisotopic (exact) mass is 346 g/mol. The minimum Gasteiger partial charge on any atom is -0.350 e. The number of benzene rings is 1. The summed E-state index contributed by atoms with van der Waals surface area (Å²) in [7, 11) is 0. The molecule has 1 heterocycles. The van der Waals surface area contributed by atoms with Crippen LogP contribution in [0.1, 0.15) is 40.3 Å². The van der Waals surface area contributed by atoms with Crippen LogP contribution in [0.5, 0.6) is 0 Å². The van der Waals surface area contributed by atoms with Crippen molar-refractivity contribution in [3.63, 3.8) is 0 Å². The smallest absolute Gasteiger partial charge is 0.319 e. The number of nitrogens with zero attached hydrogens (tertiary/aromatic N) is 1. The minimum absolute atomic E-state index is 0.0802. The lowest BCUT2D eigenvalue weighted by molar-refractivity contribution is 0.0943. The molecule has 0 saturated heterocycles. The first-order valence-electron chi connectivity index (χ1n) is 7.72. The first kappa shape index (κ1) is 17.9. The van der Waals surface area contributed by atoms with Crippen molar-refractivity contribution in [1.29, 1.82) is 0 Å². The minimum atomic E-state index is -0.287. The summed E-state index contributed by atoms with van der Waals surface area (Å²) in [6.45, 7) is 8.04. The van der Waals surface area contributed by atoms with Crippen LogP contribution in [0, 0.1) is 13.8 Å². The molecule has 0 radical (unpaired) electrons. The van der Waals surface area contributed by atoms with Gasteiger partial charge >= 0.3 is 6.03 Å². The number of amides is 3. The number of hydrogen-bond donors (Lipinski definition) is 3. The molecule has 1 aromatic heterocycles. The van der Waals surface area contributed by atoms with E-state index in [1.807, 2.05) is 27.7 Å². The van der Waals surface area contributed by atoms with E-state index < -0.39 is 0 Å². The molecule has 2 rings (SSSR count). The van der Waals surface area contributed by atoms with Gasteiger partial charge in [-0.05, 0) is 51.5 Å². The van der Waals surface area contributed by atoms with Crippen LogP contribution in [0.3, 0.4) is 0 Å². The van der Waals surface area contributed by atoms with E-state index >= 15 is 0 Å². The number of nitrogens with one attached hydrogen (secondary N) is 3. The van der Waals surface area contributed by atoms with E-state index in [0.717, 1.165) is 16.1 Å². The van der Waals surface area contributed by atoms with Crippen LogP contribution in [-0.4, -0.2) is 23.0 Å². The van der Waals surface area contributed by atoms with Gasteiger partial charge in [-0.25, -0.2) is 9.78 Å². The normalized spacial score (nSPS) is 10.5. The molecule has 0 unspecified atom stereocenters. The Morgan fingerprint density at radius 1 is 1.25 bits per heavy atom. The maximum Gasteiger partial charge on any atom is 0.319 e. The lowest BCUT2D eigenvalue weighted by atomic mass is 10.1. The number of carbonyl (C=O) groups is 2. The van der Waals surface area contributed by atoms with Crippen LogP contribution in [0.2, 0.25) is 0 Å². The number of aromatic nitrogens is 1. The Labute approximate surface area is 145 Å². The first-order valence-corrected chi connectivity index (χ1v) is 8.60. The van der Waals surface area contributed by atoms with Crippen molar-refractivity contribution in [3.8, 4) is 0 Å². The molecule has 0 aliphatic heterocycles. The highest BCUT2D eigenvalue weighted by molar-refractivity contribution is 7.09. The molecule has 128 valence electrons. The van der Waals surface area contributed by atoms with E-state index in [4.69, 9.17) is 0 Å². The standard InChI is InChI=1S/C17H22N4O2S/c1-10(2)20-16(22)13-5-6-14(11(3)7-13)21-17(23)18-8-15-12(4)19-9-24-15/h5-7,9-10H,8H2,1-4H3,(H,20,22)(H2,18,21,23). The largest absolute Gasteiger partial charge is 0.350 e. The zero-order valence-electron chi connectivity index (χ0n) is 14.3. The van der Waals surface area contributed by atoms with E-state index in [0.29, 0.717) is 17.8 Å². The average Bonchev–Trinajstić information content (AvgIpc) is 2.91. The molecule has 3 N–H and O–H groups in total. The summed E-state index contributed by atoms with van der Waals surface area (Å²) in [6, 6.07) is 5.00. The number of anilines is 1. The number of rotatable bonds is 5. The second kappa shape index (κ2) is 7.92. The lowest BCUT2D eigenvalue weighted by Crippen LogP contribution is -2.30. The summed E-state index contributed by atoms with van der Waals surface area (Å²) < 4.78 is 0. The van der Waals surface area contributed by atoms with Crippen molar-refractivity contribution < 1.29 is 9.59 Å². The molecular weight excluding hydrogens is 324 g/mol. The molecule has 0 spiro atoms. The second-order valence-electron chi connectivity index (χ2n) is 5.83. The maximum atomic E-state index is 12.0. The van der Waals surface area contributed by atoms with Gasteiger partial charge in [-0.15, -0.1) is 11.3 Å². The fraction of sp³-hybridized carbons (Fsp3) is 0.353. The molecule has 0 aliphatic carbocycles. The van der Waals surface area contributed by atoms with Crippen LogP contribution in [0.25, 0.3) is 0 Å². The van der Waals surface area contributed by atoms with Gasteiger partial charge in [-0.1, -0.05) is 0 Å². The van der Waals surface area contributed by atoms with Gasteiger partial charge in [0, 0.05) is 22.2 Å². The number of urea groups is 1. The molecule has 0 fully saturated rings. The maximum absolute atomic E-state index is 12.0. The Kier molecular flexibility index (Phi) is 5.92. The van der Waals surface area contributed by atoms with Gasteiger partial charge < -0.3 is 16.0 Å². The fourth-order valence-corrected chi connectivity index (χ4v) is 2.83. The third kappa shape index (κ3) is 4.79. The highest BCUT2D eigenvalue weighted by Crippen LogP contribution is 2.17. The van der Waals surface area contributed by atoms with Gasteiger partial charge in [0.1, 0.15) is 0 Å². The van der Waals surface area contributed by atoms with Crippen LogP contribution in [-0.2, 0) is 6.54 Å². The summed E-state index contributed by atoms with van der Waals surface area (Å²) in [5.41, 5.74) is 4.77. The van der Waals surface area contributed by atoms with Crippen molar-refractivity contribution in [1.82, 2.24) is 15.6 Å². The molecule has 2 aromatic rings. The fourth-order valence-electron chi connectivity index (χ4n) is 2.11. The van der Waals surface area contributed by atoms with Crippen molar-refractivity contribution in [3.05, 3.63) is 45.4 Å². The molecule has 0 bridgehead atoms. The molecule has 24 heavy (non-hydrogen) atoms. The van der Waals surface area contributed by atoms with E-state index in [-0.39, 0.29) is 18.0 Å². The van der Waals surface area contributed by atoms with E-state index in [9.17, 15) is 9.59 Å². The first-order chi connectivity index (χ1) is 11.4. The Morgan fingerprint density at radius 2 is 2.00 bits per heavy atom. The molecule has 1 aromatic carbocycles. The number of aryl methyl sites for hydroxylation is 2. The van der Waals surface area contributed by atoms with Gasteiger partial charge in [0.15, 0.2) is 0 Å². The summed E-state index contributed by atoms with van der Waals surface area (Å²) >= 11 is 1.51. The van der Waals surface area contributed by atoms with Crippen molar-refractivity contribution in [2.75, 3.05) is 5.32 Å². The summed E-state index contributed by atoms with van der Waals surface area (Å²) in [5, 5.41) is 8.45. The van der Waals surface area contributed by atoms with Gasteiger partial charge in [0.25, 0.3) is 5.91 Å². The van der Waals surface area contributed by atoms with Gasteiger partial charge in [-0.3, -0.25) is 4.79 Å². The SMILES string of the molecule is Cc1cc(C(=O)NC(C)C)ccc1NC(=O)NCc1scnc1C. The summed E-state index contributed by atoms with van der Waals surface area (Å²) in [4.78, 5) is 29.2. The molecule has 0 saturated carbocycles. The average molecular weight is 346 g/mol. The zero-order chi connectivity index (χ0) is 17.7. The summed E-state index contributed by atoms with van der Waals surface area (Å²) in [5.74, 6) is -0.121. The quantitative estimate of drug-likeness (QED) is 0.777. The predicted octanol–water partition coefficient (Wildman–Crippen LogP) is 3.22. The Hall–Kier alpha value is -2.41. The molecule has 6 nitrogen and oxygen atoms in total. The highest BCUT2D eigenvalue weighted by Gasteiger charge is 2.11. The van der Waals surface area contributed by atoms with Gasteiger partial charge in [0.05, 0.1) is 17.7 Å². The predicted molar refractivity (Wildman–Crippen MR) is 96.5 cm³/mol. The Balaban J connectivity index is 1.96. The Morgan fingerprint density at radius 3 is 2.58 bits per heavy atom. The van der Waals surface area contributed by atoms with Gasteiger partial charge in [0.2, 0.25) is 0 Å². The van der Waals surface area contributed by atoms with Crippen LogP contribution >= 0.6 is 11.3 Å². The van der Waals surface area contributed by atoms with E-state index in [1.54, 1.807) is 23.7 Å². The summed E-state index contributed by atoms with van der Waals surface area (Å²) in [6.07, 6.45) is 0. The lowest BCUT2D eigenvalue weighted by Gasteiger charge is -2.12. The molecule has 0 aliphatic rings. The molecule has 3 amide bonds. The number of hydrogen-bond acceptors (Lipinski definition) is 4. The van der Waals surface area contributed by atoms with E-state index in [2.05, 4.69) is 20.9 Å². The van der Waals surface area contributed by atoms with Crippen LogP contribution in [0.4, 0.5) is 10.5 Å². The second-order valence-corrected chi connectivity index (χ2v) is 6.77. The van der Waals surface area contributed by atoms with Crippen LogP contribution < -0.4 is 16.0 Å². The molecular formula is C17H22N4O2S. The molecule has 7 heteroatoms. The van der Waals surface area contributed by atoms with E-state index in [1.165, 1.54) is 11.3 Å². The number of thiazole rings is 1.